The van der Waals surface area contributed by atoms with Gasteiger partial charge in [0.25, 0.3) is 0 Å². The number of nitrogens with zero attached hydrogens (tertiary/aromatic N) is 5. The Hall–Kier alpha value is -2.58. The molecule has 152 valence electrons. The van der Waals surface area contributed by atoms with Crippen LogP contribution < -0.4 is 10.1 Å². The molecule has 1 aliphatic rings. The minimum absolute atomic E-state index is 0.246. The molecule has 0 radical (unpaired) electrons. The molecule has 3 heterocycles. The maximum atomic E-state index is 5.60. The van der Waals surface area contributed by atoms with Crippen LogP contribution in [0.2, 0.25) is 0 Å². The molecule has 0 aliphatic carbocycles. The van der Waals surface area contributed by atoms with E-state index in [-0.39, 0.29) is 6.04 Å². The van der Waals surface area contributed by atoms with E-state index >= 15 is 0 Å². The maximum absolute atomic E-state index is 5.60. The highest BCUT2D eigenvalue weighted by molar-refractivity contribution is 7.15. The first-order chi connectivity index (χ1) is 14.2. The predicted octanol–water partition coefficient (Wildman–Crippen LogP) is 4.29. The highest BCUT2D eigenvalue weighted by atomic mass is 32.1. The Labute approximate surface area is 175 Å². The number of hydrogen-bond donors (Lipinski definition) is 1. The van der Waals surface area contributed by atoms with Crippen LogP contribution in [0.3, 0.4) is 0 Å². The van der Waals surface area contributed by atoms with Crippen LogP contribution in [0.15, 0.2) is 30.6 Å². The molecule has 1 N–H and O–H groups in total. The molecule has 2 aromatic heterocycles. The number of aryl methyl sites for hydroxylation is 2. The van der Waals surface area contributed by atoms with Gasteiger partial charge in [0.2, 0.25) is 5.13 Å². The van der Waals surface area contributed by atoms with Crippen molar-refractivity contribution in [2.75, 3.05) is 19.0 Å². The molecule has 1 atom stereocenters. The molecular formula is C21H26N6OS. The first-order valence-electron chi connectivity index (χ1n) is 9.95. The van der Waals surface area contributed by atoms with Crippen LogP contribution in [-0.4, -0.2) is 38.7 Å². The molecule has 1 aromatic carbocycles. The summed E-state index contributed by atoms with van der Waals surface area (Å²) in [5.74, 6) is 1.65. The second-order valence-corrected chi connectivity index (χ2v) is 8.31. The fourth-order valence-electron chi connectivity index (χ4n) is 3.71. The number of ether oxygens (including phenoxy) is 1. The minimum atomic E-state index is 0.246. The van der Waals surface area contributed by atoms with Gasteiger partial charge in [-0.15, -0.1) is 10.2 Å². The Bertz CT molecular complexity index is 975. The van der Waals surface area contributed by atoms with Crippen LogP contribution in [-0.2, 0) is 13.0 Å². The summed E-state index contributed by atoms with van der Waals surface area (Å²) in [5, 5.41) is 13.3. The molecule has 0 spiro atoms. The van der Waals surface area contributed by atoms with Crippen molar-refractivity contribution >= 4 is 22.3 Å². The van der Waals surface area contributed by atoms with Crippen molar-refractivity contribution < 1.29 is 4.74 Å². The monoisotopic (exact) mass is 410 g/mol. The first-order valence-corrected chi connectivity index (χ1v) is 10.8. The van der Waals surface area contributed by atoms with E-state index in [0.717, 1.165) is 53.9 Å². The number of rotatable bonds is 7. The Balaban J connectivity index is 1.51. The molecular weight excluding hydrogens is 384 g/mol. The lowest BCUT2D eigenvalue weighted by atomic mass is 10.1. The molecule has 0 unspecified atom stereocenters. The number of nitrogens with one attached hydrogen (secondary N) is 1. The zero-order valence-corrected chi connectivity index (χ0v) is 17.9. The van der Waals surface area contributed by atoms with Crippen molar-refractivity contribution in [3.63, 3.8) is 0 Å². The summed E-state index contributed by atoms with van der Waals surface area (Å²) in [6, 6.07) is 6.64. The molecule has 0 amide bonds. The standard InChI is InChI=1S/C21H26N6OS/c1-4-20-25-26-21(29-20)24-19-12-22-11-16(23-19)17-6-5-9-27(17)13-15-8-7-14(2)10-18(15)28-3/h7-8,10-12,17H,4-6,9,13H2,1-3H3,(H,23,24,26)/t17-/m0/s1. The number of methoxy groups -OCH3 is 1. The Morgan fingerprint density at radius 1 is 1.28 bits per heavy atom. The third kappa shape index (κ3) is 4.54. The van der Waals surface area contributed by atoms with Gasteiger partial charge in [-0.25, -0.2) is 4.98 Å². The van der Waals surface area contributed by atoms with Gasteiger partial charge in [0.15, 0.2) is 5.82 Å². The summed E-state index contributed by atoms with van der Waals surface area (Å²) in [6.45, 7) is 6.03. The van der Waals surface area contributed by atoms with Crippen LogP contribution in [0, 0.1) is 6.92 Å². The van der Waals surface area contributed by atoms with Gasteiger partial charge in [0.05, 0.1) is 31.2 Å². The summed E-state index contributed by atoms with van der Waals surface area (Å²) in [6.07, 6.45) is 6.71. The largest absolute Gasteiger partial charge is 0.496 e. The molecule has 0 bridgehead atoms. The Morgan fingerprint density at radius 2 is 2.17 bits per heavy atom. The molecule has 1 saturated heterocycles. The number of anilines is 2. The number of likely N-dealkylation sites (tertiary alicyclic amines) is 1. The summed E-state index contributed by atoms with van der Waals surface area (Å²) in [4.78, 5) is 11.7. The van der Waals surface area contributed by atoms with Gasteiger partial charge in [-0.05, 0) is 44.4 Å². The quantitative estimate of drug-likeness (QED) is 0.623. The van der Waals surface area contributed by atoms with Crippen LogP contribution in [0.4, 0.5) is 10.9 Å². The zero-order chi connectivity index (χ0) is 20.2. The third-order valence-electron chi connectivity index (χ3n) is 5.18. The van der Waals surface area contributed by atoms with E-state index in [0.29, 0.717) is 5.82 Å². The van der Waals surface area contributed by atoms with Gasteiger partial charge in [0.1, 0.15) is 10.8 Å². The number of aromatic nitrogens is 4. The topological polar surface area (TPSA) is 76.1 Å². The molecule has 3 aromatic rings. The van der Waals surface area contributed by atoms with E-state index in [9.17, 15) is 0 Å². The second kappa shape index (κ2) is 8.84. The summed E-state index contributed by atoms with van der Waals surface area (Å²) in [5.41, 5.74) is 3.39. The van der Waals surface area contributed by atoms with Crippen molar-refractivity contribution in [3.05, 3.63) is 52.4 Å². The molecule has 7 nitrogen and oxygen atoms in total. The van der Waals surface area contributed by atoms with Crippen LogP contribution >= 0.6 is 11.3 Å². The molecule has 1 fully saturated rings. The van der Waals surface area contributed by atoms with E-state index in [1.54, 1.807) is 24.6 Å². The molecule has 29 heavy (non-hydrogen) atoms. The van der Waals surface area contributed by atoms with Crippen LogP contribution in [0.5, 0.6) is 5.75 Å². The van der Waals surface area contributed by atoms with E-state index in [1.807, 2.05) is 6.20 Å². The SMILES string of the molecule is CCc1nnc(Nc2cncc([C@@H]3CCCN3Cc3ccc(C)cc3OC)n2)s1. The molecule has 8 heteroatoms. The van der Waals surface area contributed by atoms with Crippen molar-refractivity contribution in [3.8, 4) is 5.75 Å². The highest BCUT2D eigenvalue weighted by Gasteiger charge is 2.28. The van der Waals surface area contributed by atoms with Crippen molar-refractivity contribution in [2.24, 2.45) is 0 Å². The average Bonchev–Trinajstić information content (AvgIpc) is 3.39. The smallest absolute Gasteiger partial charge is 0.211 e. The Kier molecular flexibility index (Phi) is 6.01. The van der Waals surface area contributed by atoms with Gasteiger partial charge in [-0.1, -0.05) is 30.4 Å². The van der Waals surface area contributed by atoms with Crippen molar-refractivity contribution in [2.45, 2.75) is 45.7 Å². The van der Waals surface area contributed by atoms with Crippen LogP contribution in [0.25, 0.3) is 0 Å². The zero-order valence-electron chi connectivity index (χ0n) is 17.1. The summed E-state index contributed by atoms with van der Waals surface area (Å²) >= 11 is 1.55. The van der Waals surface area contributed by atoms with E-state index in [1.165, 1.54) is 11.1 Å². The van der Waals surface area contributed by atoms with Gasteiger partial charge in [-0.3, -0.25) is 9.88 Å². The van der Waals surface area contributed by atoms with E-state index < -0.39 is 0 Å². The van der Waals surface area contributed by atoms with Gasteiger partial charge in [0, 0.05) is 12.1 Å². The Morgan fingerprint density at radius 3 is 2.97 bits per heavy atom. The van der Waals surface area contributed by atoms with Gasteiger partial charge < -0.3 is 10.1 Å². The molecule has 0 saturated carbocycles. The average molecular weight is 411 g/mol. The minimum Gasteiger partial charge on any atom is -0.496 e. The maximum Gasteiger partial charge on any atom is 0.211 e. The normalized spacial score (nSPS) is 16.9. The summed E-state index contributed by atoms with van der Waals surface area (Å²) in [7, 11) is 1.73. The lowest BCUT2D eigenvalue weighted by Gasteiger charge is -2.25. The van der Waals surface area contributed by atoms with Gasteiger partial charge >= 0.3 is 0 Å². The van der Waals surface area contributed by atoms with Crippen molar-refractivity contribution in [1.29, 1.82) is 0 Å². The second-order valence-electron chi connectivity index (χ2n) is 7.25. The lowest BCUT2D eigenvalue weighted by molar-refractivity contribution is 0.240. The van der Waals surface area contributed by atoms with E-state index in [2.05, 4.69) is 57.4 Å². The fourth-order valence-corrected chi connectivity index (χ4v) is 4.40. The van der Waals surface area contributed by atoms with Gasteiger partial charge in [-0.2, -0.15) is 0 Å². The lowest BCUT2D eigenvalue weighted by Crippen LogP contribution is -2.24. The van der Waals surface area contributed by atoms with Crippen molar-refractivity contribution in [1.82, 2.24) is 25.1 Å². The third-order valence-corrected chi connectivity index (χ3v) is 6.16. The molecule has 1 aliphatic heterocycles. The first kappa shape index (κ1) is 19.7. The van der Waals surface area contributed by atoms with Crippen LogP contribution in [0.1, 0.15) is 47.6 Å². The van der Waals surface area contributed by atoms with E-state index in [4.69, 9.17) is 9.72 Å². The summed E-state index contributed by atoms with van der Waals surface area (Å²) < 4.78 is 5.60. The predicted molar refractivity (Wildman–Crippen MR) is 115 cm³/mol. The fraction of sp³-hybridized carbons (Fsp3) is 0.429. The molecule has 4 rings (SSSR count). The highest BCUT2D eigenvalue weighted by Crippen LogP contribution is 2.34. The number of benzene rings is 1. The number of hydrogen-bond acceptors (Lipinski definition) is 8.